The lowest BCUT2D eigenvalue weighted by Crippen LogP contribution is -2.32. The molecule has 2 rings (SSSR count). The monoisotopic (exact) mass is 392 g/mol. The Kier molecular flexibility index (Phi) is 7.06. The van der Waals surface area contributed by atoms with Crippen molar-refractivity contribution in [2.45, 2.75) is 33.1 Å². The van der Waals surface area contributed by atoms with Gasteiger partial charge in [-0.2, -0.15) is 0 Å². The zero-order chi connectivity index (χ0) is 19.3. The average molecular weight is 393 g/mol. The van der Waals surface area contributed by atoms with Crippen molar-refractivity contribution in [1.29, 1.82) is 0 Å². The molecule has 0 aliphatic heterocycles. The highest BCUT2D eigenvalue weighted by molar-refractivity contribution is 6.35. The first kappa shape index (κ1) is 20.3. The van der Waals surface area contributed by atoms with Crippen LogP contribution < -0.4 is 10.2 Å². The molecule has 138 valence electrons. The van der Waals surface area contributed by atoms with Gasteiger partial charge >= 0.3 is 0 Å². The Hall–Kier alpha value is -2.04. The van der Waals surface area contributed by atoms with E-state index in [9.17, 15) is 9.59 Å². The summed E-state index contributed by atoms with van der Waals surface area (Å²) < 4.78 is 0. The zero-order valence-corrected chi connectivity index (χ0v) is 16.6. The molecule has 1 N–H and O–H groups in total. The number of nitrogens with zero attached hydrogens (tertiary/aromatic N) is 1. The molecule has 0 fully saturated rings. The van der Waals surface area contributed by atoms with Crippen LogP contribution >= 0.6 is 23.2 Å². The SMILES string of the molecule is CC(=O)N(CCC(=O)Nc1cc(Cl)ccc1Cl)c1ccc(C(C)C)cc1. The summed E-state index contributed by atoms with van der Waals surface area (Å²) in [6.07, 6.45) is 0.147. The number of amides is 2. The molecule has 0 radical (unpaired) electrons. The highest BCUT2D eigenvalue weighted by Gasteiger charge is 2.14. The number of carbonyl (C=O) groups excluding carboxylic acids is 2. The van der Waals surface area contributed by atoms with Crippen LogP contribution in [0.3, 0.4) is 0 Å². The Bertz CT molecular complexity index is 789. The van der Waals surface area contributed by atoms with Gasteiger partial charge in [-0.05, 0) is 41.8 Å². The van der Waals surface area contributed by atoms with Crippen molar-refractivity contribution < 1.29 is 9.59 Å². The molecule has 6 heteroatoms. The Morgan fingerprint density at radius 1 is 1.08 bits per heavy atom. The fourth-order valence-electron chi connectivity index (χ4n) is 2.53. The molecule has 0 spiro atoms. The summed E-state index contributed by atoms with van der Waals surface area (Å²) in [6, 6.07) is 12.7. The van der Waals surface area contributed by atoms with Crippen molar-refractivity contribution in [2.24, 2.45) is 0 Å². The maximum absolute atomic E-state index is 12.2. The lowest BCUT2D eigenvalue weighted by molar-refractivity contribution is -0.117. The summed E-state index contributed by atoms with van der Waals surface area (Å²) in [5.74, 6) is 0.0677. The molecule has 2 aromatic rings. The second-order valence-electron chi connectivity index (χ2n) is 6.34. The number of carbonyl (C=O) groups is 2. The van der Waals surface area contributed by atoms with Crippen LogP contribution in [-0.2, 0) is 9.59 Å². The van der Waals surface area contributed by atoms with Gasteiger partial charge in [0.2, 0.25) is 11.8 Å². The van der Waals surface area contributed by atoms with Crippen molar-refractivity contribution in [3.05, 3.63) is 58.1 Å². The zero-order valence-electron chi connectivity index (χ0n) is 15.1. The van der Waals surface area contributed by atoms with Gasteiger partial charge in [0.05, 0.1) is 10.7 Å². The maximum atomic E-state index is 12.2. The molecule has 0 heterocycles. The minimum absolute atomic E-state index is 0.115. The van der Waals surface area contributed by atoms with E-state index in [1.165, 1.54) is 12.5 Å². The Balaban J connectivity index is 2.02. The van der Waals surface area contributed by atoms with E-state index in [4.69, 9.17) is 23.2 Å². The van der Waals surface area contributed by atoms with Crippen LogP contribution in [0.2, 0.25) is 10.0 Å². The van der Waals surface area contributed by atoms with Crippen molar-refractivity contribution in [2.75, 3.05) is 16.8 Å². The smallest absolute Gasteiger partial charge is 0.226 e. The molecule has 0 aromatic heterocycles. The minimum atomic E-state index is -0.237. The Labute approximate surface area is 164 Å². The van der Waals surface area contributed by atoms with E-state index >= 15 is 0 Å². The third kappa shape index (κ3) is 5.48. The van der Waals surface area contributed by atoms with Crippen LogP contribution in [0.15, 0.2) is 42.5 Å². The highest BCUT2D eigenvalue weighted by Crippen LogP contribution is 2.26. The van der Waals surface area contributed by atoms with E-state index in [2.05, 4.69) is 19.2 Å². The van der Waals surface area contributed by atoms with E-state index < -0.39 is 0 Å². The molecule has 26 heavy (non-hydrogen) atoms. The largest absolute Gasteiger partial charge is 0.325 e. The fourth-order valence-corrected chi connectivity index (χ4v) is 2.86. The molecule has 4 nitrogen and oxygen atoms in total. The molecule has 2 aromatic carbocycles. The lowest BCUT2D eigenvalue weighted by Gasteiger charge is -2.21. The van der Waals surface area contributed by atoms with Gasteiger partial charge < -0.3 is 10.2 Å². The van der Waals surface area contributed by atoms with Gasteiger partial charge in [0, 0.05) is 30.6 Å². The first-order valence-corrected chi connectivity index (χ1v) is 9.16. The fraction of sp³-hybridized carbons (Fsp3) is 0.300. The van der Waals surface area contributed by atoms with E-state index in [-0.39, 0.29) is 24.8 Å². The van der Waals surface area contributed by atoms with Crippen LogP contribution in [0, 0.1) is 0 Å². The molecule has 0 aliphatic carbocycles. The van der Waals surface area contributed by atoms with Gasteiger partial charge in [0.25, 0.3) is 0 Å². The van der Waals surface area contributed by atoms with Crippen LogP contribution in [0.25, 0.3) is 0 Å². The number of halogens is 2. The van der Waals surface area contributed by atoms with Gasteiger partial charge in [-0.3, -0.25) is 9.59 Å². The van der Waals surface area contributed by atoms with E-state index in [0.29, 0.717) is 21.7 Å². The first-order valence-electron chi connectivity index (χ1n) is 8.41. The van der Waals surface area contributed by atoms with E-state index in [0.717, 1.165) is 5.69 Å². The van der Waals surface area contributed by atoms with Crippen molar-refractivity contribution in [3.63, 3.8) is 0 Å². The molecule has 0 unspecified atom stereocenters. The number of benzene rings is 2. The molecule has 0 aliphatic rings. The minimum Gasteiger partial charge on any atom is -0.325 e. The molecular weight excluding hydrogens is 371 g/mol. The summed E-state index contributed by atoms with van der Waals surface area (Å²) in [7, 11) is 0. The van der Waals surface area contributed by atoms with Crippen molar-refractivity contribution in [1.82, 2.24) is 0 Å². The number of anilines is 2. The summed E-state index contributed by atoms with van der Waals surface area (Å²) in [5, 5.41) is 3.63. The third-order valence-electron chi connectivity index (χ3n) is 4.02. The number of hydrogen-bond acceptors (Lipinski definition) is 2. The van der Waals surface area contributed by atoms with Gasteiger partial charge in [-0.15, -0.1) is 0 Å². The highest BCUT2D eigenvalue weighted by atomic mass is 35.5. The van der Waals surface area contributed by atoms with Gasteiger partial charge in [-0.1, -0.05) is 49.2 Å². The van der Waals surface area contributed by atoms with Gasteiger partial charge in [0.15, 0.2) is 0 Å². The topological polar surface area (TPSA) is 49.4 Å². The number of rotatable bonds is 6. The summed E-state index contributed by atoms with van der Waals surface area (Å²) in [5.41, 5.74) is 2.43. The normalized spacial score (nSPS) is 10.7. The van der Waals surface area contributed by atoms with E-state index in [1.54, 1.807) is 23.1 Å². The predicted octanol–water partition coefficient (Wildman–Crippen LogP) is 5.50. The second kappa shape index (κ2) is 9.06. The third-order valence-corrected chi connectivity index (χ3v) is 4.58. The van der Waals surface area contributed by atoms with E-state index in [1.807, 2.05) is 24.3 Å². The Morgan fingerprint density at radius 3 is 2.31 bits per heavy atom. The van der Waals surface area contributed by atoms with Crippen molar-refractivity contribution in [3.8, 4) is 0 Å². The molecular formula is C20H22Cl2N2O2. The standard InChI is InChI=1S/C20H22Cl2N2O2/c1-13(2)15-4-7-17(8-5-15)24(14(3)25)11-10-20(26)23-19-12-16(21)6-9-18(19)22/h4-9,12-13H,10-11H2,1-3H3,(H,23,26). The molecule has 0 atom stereocenters. The van der Waals surface area contributed by atoms with Crippen LogP contribution in [0.4, 0.5) is 11.4 Å². The summed E-state index contributed by atoms with van der Waals surface area (Å²) >= 11 is 12.0. The molecule has 0 bridgehead atoms. The first-order chi connectivity index (χ1) is 12.3. The van der Waals surface area contributed by atoms with Crippen LogP contribution in [-0.4, -0.2) is 18.4 Å². The quantitative estimate of drug-likeness (QED) is 0.705. The predicted molar refractivity (Wildman–Crippen MR) is 108 cm³/mol. The van der Waals surface area contributed by atoms with Crippen molar-refractivity contribution >= 4 is 46.4 Å². The van der Waals surface area contributed by atoms with Gasteiger partial charge in [-0.25, -0.2) is 0 Å². The van der Waals surface area contributed by atoms with Gasteiger partial charge in [0.1, 0.15) is 0 Å². The van der Waals surface area contributed by atoms with Crippen LogP contribution in [0.1, 0.15) is 38.7 Å². The second-order valence-corrected chi connectivity index (χ2v) is 7.18. The summed E-state index contributed by atoms with van der Waals surface area (Å²) in [4.78, 5) is 25.8. The molecule has 2 amide bonds. The lowest BCUT2D eigenvalue weighted by atomic mass is 10.0. The maximum Gasteiger partial charge on any atom is 0.226 e. The number of nitrogens with one attached hydrogen (secondary N) is 1. The number of hydrogen-bond donors (Lipinski definition) is 1. The summed E-state index contributed by atoms with van der Waals surface area (Å²) in [6.45, 7) is 5.99. The Morgan fingerprint density at radius 2 is 1.73 bits per heavy atom. The average Bonchev–Trinajstić information content (AvgIpc) is 2.58. The molecule has 0 saturated heterocycles. The molecule has 0 saturated carbocycles. The van der Waals surface area contributed by atoms with Crippen LogP contribution in [0.5, 0.6) is 0 Å².